The zero-order valence-corrected chi connectivity index (χ0v) is 13.5. The lowest BCUT2D eigenvalue weighted by molar-refractivity contribution is 0.0932. The molecule has 24 heavy (non-hydrogen) atoms. The first kappa shape index (κ1) is 16.4. The third kappa shape index (κ3) is 4.50. The normalized spacial score (nSPS) is 15.5. The molecule has 1 aromatic heterocycles. The Morgan fingerprint density at radius 1 is 1.08 bits per heavy atom. The van der Waals surface area contributed by atoms with E-state index in [1.165, 1.54) is 37.4 Å². The quantitative estimate of drug-likeness (QED) is 0.838. The lowest BCUT2D eigenvalue weighted by Crippen LogP contribution is -2.34. The van der Waals surface area contributed by atoms with Crippen LogP contribution in [0.25, 0.3) is 0 Å². The molecule has 1 amide bonds. The summed E-state index contributed by atoms with van der Waals surface area (Å²) in [5.74, 6) is -0.148. The molecule has 3 rings (SSSR count). The Labute approximate surface area is 140 Å². The molecule has 0 atom stereocenters. The number of nitrogens with one attached hydrogen (secondary N) is 2. The van der Waals surface area contributed by atoms with Crippen LogP contribution in [-0.2, 0) is 0 Å². The van der Waals surface area contributed by atoms with Crippen LogP contribution in [0, 0.1) is 5.82 Å². The van der Waals surface area contributed by atoms with Crippen LogP contribution in [0.3, 0.4) is 0 Å². The summed E-state index contributed by atoms with van der Waals surface area (Å²) in [6.45, 7) is 0. The number of carbonyl (C=O) groups excluding carboxylic acids is 1. The molecule has 0 saturated heterocycles. The summed E-state index contributed by atoms with van der Waals surface area (Å²) in [6.07, 6.45) is 9.86. The standard InChI is InChI=1S/C18H21FN4O/c19-14-6-5-9-16(10-14)23-18-20-11-13(12-21-18)17(24)22-15-7-3-1-2-4-8-15/h5-6,9-12,15H,1-4,7-8H2,(H,22,24)(H,20,21,23). The fourth-order valence-electron chi connectivity index (χ4n) is 2.90. The summed E-state index contributed by atoms with van der Waals surface area (Å²) in [4.78, 5) is 20.5. The predicted octanol–water partition coefficient (Wildman–Crippen LogP) is 3.81. The monoisotopic (exact) mass is 328 g/mol. The van der Waals surface area contributed by atoms with Gasteiger partial charge in [-0.25, -0.2) is 14.4 Å². The molecule has 1 fully saturated rings. The first-order valence-corrected chi connectivity index (χ1v) is 8.36. The average molecular weight is 328 g/mol. The van der Waals surface area contributed by atoms with Gasteiger partial charge in [0, 0.05) is 24.1 Å². The highest BCUT2D eigenvalue weighted by Gasteiger charge is 2.16. The van der Waals surface area contributed by atoms with Gasteiger partial charge in [0.1, 0.15) is 5.82 Å². The van der Waals surface area contributed by atoms with Crippen LogP contribution >= 0.6 is 0 Å². The highest BCUT2D eigenvalue weighted by Crippen LogP contribution is 2.18. The van der Waals surface area contributed by atoms with Crippen molar-refractivity contribution in [3.05, 3.63) is 48.0 Å². The number of halogens is 1. The maximum Gasteiger partial charge on any atom is 0.254 e. The van der Waals surface area contributed by atoms with Crippen molar-refractivity contribution in [1.82, 2.24) is 15.3 Å². The average Bonchev–Trinajstić information content (AvgIpc) is 2.84. The van der Waals surface area contributed by atoms with E-state index in [9.17, 15) is 9.18 Å². The lowest BCUT2D eigenvalue weighted by Gasteiger charge is -2.16. The molecule has 6 heteroatoms. The molecular weight excluding hydrogens is 307 g/mol. The summed E-state index contributed by atoms with van der Waals surface area (Å²) in [5.41, 5.74) is 0.995. The minimum absolute atomic E-state index is 0.140. The molecule has 2 N–H and O–H groups in total. The Morgan fingerprint density at radius 2 is 1.79 bits per heavy atom. The number of hydrogen-bond acceptors (Lipinski definition) is 4. The van der Waals surface area contributed by atoms with E-state index >= 15 is 0 Å². The summed E-state index contributed by atoms with van der Waals surface area (Å²) < 4.78 is 13.2. The topological polar surface area (TPSA) is 66.9 Å². The van der Waals surface area contributed by atoms with E-state index in [1.54, 1.807) is 12.1 Å². The third-order valence-corrected chi connectivity index (χ3v) is 4.19. The van der Waals surface area contributed by atoms with Crippen LogP contribution in [0.15, 0.2) is 36.7 Å². The van der Waals surface area contributed by atoms with Crippen molar-refractivity contribution >= 4 is 17.5 Å². The molecule has 0 unspecified atom stereocenters. The summed E-state index contributed by atoms with van der Waals surface area (Å²) in [5, 5.41) is 5.97. The second-order valence-corrected chi connectivity index (χ2v) is 6.09. The van der Waals surface area contributed by atoms with Gasteiger partial charge in [-0.15, -0.1) is 0 Å². The van der Waals surface area contributed by atoms with Crippen molar-refractivity contribution in [3.63, 3.8) is 0 Å². The number of hydrogen-bond donors (Lipinski definition) is 2. The number of rotatable bonds is 4. The molecule has 0 aliphatic heterocycles. The maximum atomic E-state index is 13.2. The minimum atomic E-state index is -0.334. The van der Waals surface area contributed by atoms with Gasteiger partial charge in [0.15, 0.2) is 0 Å². The van der Waals surface area contributed by atoms with Crippen LogP contribution in [0.4, 0.5) is 16.0 Å². The first-order chi connectivity index (χ1) is 11.7. The third-order valence-electron chi connectivity index (χ3n) is 4.19. The van der Waals surface area contributed by atoms with Crippen LogP contribution in [0.5, 0.6) is 0 Å². The van der Waals surface area contributed by atoms with E-state index < -0.39 is 0 Å². The molecule has 1 aromatic carbocycles. The van der Waals surface area contributed by atoms with Gasteiger partial charge in [-0.3, -0.25) is 4.79 Å². The van der Waals surface area contributed by atoms with Gasteiger partial charge in [-0.05, 0) is 31.0 Å². The van der Waals surface area contributed by atoms with Crippen LogP contribution in [-0.4, -0.2) is 21.9 Å². The highest BCUT2D eigenvalue weighted by atomic mass is 19.1. The minimum Gasteiger partial charge on any atom is -0.349 e. The Morgan fingerprint density at radius 3 is 2.46 bits per heavy atom. The Bertz CT molecular complexity index is 682. The molecule has 126 valence electrons. The van der Waals surface area contributed by atoms with Crippen molar-refractivity contribution in [2.75, 3.05) is 5.32 Å². The second kappa shape index (κ2) is 7.86. The van der Waals surface area contributed by atoms with Gasteiger partial charge in [0.05, 0.1) is 5.56 Å². The van der Waals surface area contributed by atoms with E-state index in [4.69, 9.17) is 0 Å². The summed E-state index contributed by atoms with van der Waals surface area (Å²) in [6, 6.07) is 6.29. The number of carbonyl (C=O) groups is 1. The fourth-order valence-corrected chi connectivity index (χ4v) is 2.90. The molecule has 0 radical (unpaired) electrons. The maximum absolute atomic E-state index is 13.2. The fraction of sp³-hybridized carbons (Fsp3) is 0.389. The molecule has 2 aromatic rings. The van der Waals surface area contributed by atoms with Gasteiger partial charge in [0.2, 0.25) is 5.95 Å². The summed E-state index contributed by atoms with van der Waals surface area (Å²) >= 11 is 0. The molecular formula is C18H21FN4O. The predicted molar refractivity (Wildman–Crippen MR) is 90.7 cm³/mol. The van der Waals surface area contributed by atoms with Crippen molar-refractivity contribution < 1.29 is 9.18 Å². The first-order valence-electron chi connectivity index (χ1n) is 8.36. The zero-order valence-electron chi connectivity index (χ0n) is 13.5. The number of nitrogens with zero attached hydrogens (tertiary/aromatic N) is 2. The molecule has 1 aliphatic carbocycles. The molecule has 1 aliphatic rings. The van der Waals surface area contributed by atoms with Crippen LogP contribution in [0.1, 0.15) is 48.9 Å². The summed E-state index contributed by atoms with van der Waals surface area (Å²) in [7, 11) is 0. The van der Waals surface area contributed by atoms with E-state index in [-0.39, 0.29) is 17.8 Å². The number of amides is 1. The van der Waals surface area contributed by atoms with Gasteiger partial charge in [0.25, 0.3) is 5.91 Å². The van der Waals surface area contributed by atoms with Crippen molar-refractivity contribution in [3.8, 4) is 0 Å². The largest absolute Gasteiger partial charge is 0.349 e. The van der Waals surface area contributed by atoms with Crippen molar-refractivity contribution in [2.24, 2.45) is 0 Å². The molecule has 1 saturated carbocycles. The van der Waals surface area contributed by atoms with Crippen LogP contribution in [0.2, 0.25) is 0 Å². The lowest BCUT2D eigenvalue weighted by atomic mass is 10.1. The molecule has 1 heterocycles. The molecule has 0 spiro atoms. The van der Waals surface area contributed by atoms with E-state index in [1.807, 2.05) is 0 Å². The molecule has 0 bridgehead atoms. The number of aromatic nitrogens is 2. The number of benzene rings is 1. The molecule has 5 nitrogen and oxygen atoms in total. The SMILES string of the molecule is O=C(NC1CCCCCC1)c1cnc(Nc2cccc(F)c2)nc1. The van der Waals surface area contributed by atoms with Gasteiger partial charge in [-0.1, -0.05) is 31.7 Å². The van der Waals surface area contributed by atoms with Crippen molar-refractivity contribution in [1.29, 1.82) is 0 Å². The zero-order chi connectivity index (χ0) is 16.8. The van der Waals surface area contributed by atoms with E-state index in [0.717, 1.165) is 25.7 Å². The van der Waals surface area contributed by atoms with Gasteiger partial charge < -0.3 is 10.6 Å². The van der Waals surface area contributed by atoms with Gasteiger partial charge >= 0.3 is 0 Å². The second-order valence-electron chi connectivity index (χ2n) is 6.09. The van der Waals surface area contributed by atoms with Crippen molar-refractivity contribution in [2.45, 2.75) is 44.6 Å². The Hall–Kier alpha value is -2.50. The Kier molecular flexibility index (Phi) is 5.36. The van der Waals surface area contributed by atoms with E-state index in [2.05, 4.69) is 20.6 Å². The van der Waals surface area contributed by atoms with Crippen LogP contribution < -0.4 is 10.6 Å². The van der Waals surface area contributed by atoms with E-state index in [0.29, 0.717) is 17.2 Å². The smallest absolute Gasteiger partial charge is 0.254 e. The highest BCUT2D eigenvalue weighted by molar-refractivity contribution is 5.93. The van der Waals surface area contributed by atoms with Gasteiger partial charge in [-0.2, -0.15) is 0 Å². The number of anilines is 2. The Balaban J connectivity index is 1.60.